The van der Waals surface area contributed by atoms with Gasteiger partial charge in [0.05, 0.1) is 28.1 Å². The lowest BCUT2D eigenvalue weighted by atomic mass is 9.93. The third kappa shape index (κ3) is 5.32. The average Bonchev–Trinajstić information content (AvgIpc) is 3.52. The van der Waals surface area contributed by atoms with Crippen molar-refractivity contribution in [1.82, 2.24) is 10.2 Å². The molecule has 0 radical (unpaired) electrons. The average molecular weight is 575 g/mol. The molecular formula is C30H30N4O6S. The van der Waals surface area contributed by atoms with Crippen LogP contribution in [0.3, 0.4) is 0 Å². The van der Waals surface area contributed by atoms with E-state index in [1.165, 1.54) is 23.9 Å². The van der Waals surface area contributed by atoms with Gasteiger partial charge in [-0.3, -0.25) is 19.8 Å². The van der Waals surface area contributed by atoms with Gasteiger partial charge in [-0.15, -0.1) is 0 Å². The number of benzene rings is 2. The minimum Gasteiger partial charge on any atom is -0.463 e. The van der Waals surface area contributed by atoms with Gasteiger partial charge in [-0.05, 0) is 62.2 Å². The molecule has 1 saturated heterocycles. The highest BCUT2D eigenvalue weighted by Crippen LogP contribution is 2.47. The number of non-ortho nitro benzene ring substituents is 1. The van der Waals surface area contributed by atoms with Gasteiger partial charge in [-0.25, -0.2) is 4.79 Å². The molecule has 2 aromatic carbocycles. The fourth-order valence-corrected chi connectivity index (χ4v) is 6.21. The van der Waals surface area contributed by atoms with Crippen LogP contribution in [0.2, 0.25) is 0 Å². The second-order valence-electron chi connectivity index (χ2n) is 9.94. The van der Waals surface area contributed by atoms with E-state index in [0.717, 1.165) is 16.8 Å². The van der Waals surface area contributed by atoms with Gasteiger partial charge in [-0.1, -0.05) is 23.9 Å². The van der Waals surface area contributed by atoms with Crippen LogP contribution in [0.1, 0.15) is 36.8 Å². The van der Waals surface area contributed by atoms with Crippen LogP contribution >= 0.6 is 11.8 Å². The maximum Gasteiger partial charge on any atom is 0.338 e. The zero-order chi connectivity index (χ0) is 29.4. The largest absolute Gasteiger partial charge is 0.463 e. The minimum atomic E-state index is -0.641. The number of carbonyl (C=O) groups excluding carboxylic acids is 2. The van der Waals surface area contributed by atoms with E-state index in [9.17, 15) is 19.7 Å². The summed E-state index contributed by atoms with van der Waals surface area (Å²) in [6, 6.07) is 15.3. The first-order valence-corrected chi connectivity index (χ1v) is 13.9. The summed E-state index contributed by atoms with van der Waals surface area (Å²) in [6.45, 7) is 5.57. The summed E-state index contributed by atoms with van der Waals surface area (Å²) in [6.07, 6.45) is 1.68. The van der Waals surface area contributed by atoms with Crippen molar-refractivity contribution in [1.29, 1.82) is 0 Å². The number of anilines is 1. The number of nitro benzene ring substituents is 1. The van der Waals surface area contributed by atoms with Crippen LogP contribution in [0.5, 0.6) is 0 Å². The van der Waals surface area contributed by atoms with Crippen molar-refractivity contribution in [3.05, 3.63) is 97.8 Å². The Balaban J connectivity index is 1.48. The number of hydrogen-bond acceptors (Lipinski definition) is 9. The lowest BCUT2D eigenvalue weighted by Gasteiger charge is -2.39. The van der Waals surface area contributed by atoms with Crippen molar-refractivity contribution in [2.24, 2.45) is 0 Å². The molecule has 1 fully saturated rings. The van der Waals surface area contributed by atoms with Gasteiger partial charge >= 0.3 is 5.97 Å². The molecule has 5 rings (SSSR count). The Morgan fingerprint density at radius 1 is 1.17 bits per heavy atom. The zero-order valence-corrected chi connectivity index (χ0v) is 24.2. The molecule has 2 aliphatic rings. The number of esters is 1. The third-order valence-corrected chi connectivity index (χ3v) is 8.15. The maximum atomic E-state index is 13.9. The first kappa shape index (κ1) is 28.0. The van der Waals surface area contributed by atoms with E-state index in [1.54, 1.807) is 43.0 Å². The number of allylic oxidation sites excluding steroid dienone is 1. The number of fused-ring (bicyclic) bond motifs is 1. The Kier molecular flexibility index (Phi) is 7.63. The number of hydrogen-bond donors (Lipinski definition) is 1. The summed E-state index contributed by atoms with van der Waals surface area (Å²) < 4.78 is 11.4. The molecule has 0 spiro atoms. The van der Waals surface area contributed by atoms with Crippen molar-refractivity contribution < 1.29 is 23.7 Å². The van der Waals surface area contributed by atoms with Crippen LogP contribution in [-0.4, -0.2) is 47.9 Å². The lowest BCUT2D eigenvalue weighted by molar-refractivity contribution is -0.384. The van der Waals surface area contributed by atoms with Crippen molar-refractivity contribution in [2.75, 3.05) is 25.6 Å². The molecule has 2 unspecified atom stereocenters. The highest BCUT2D eigenvalue weighted by Gasteiger charge is 2.48. The van der Waals surface area contributed by atoms with Crippen molar-refractivity contribution in [3.8, 4) is 11.3 Å². The summed E-state index contributed by atoms with van der Waals surface area (Å²) in [5.41, 5.74) is 3.85. The fourth-order valence-electron chi connectivity index (χ4n) is 5.01. The number of amides is 1. The number of nitro groups is 1. The third-order valence-electron chi connectivity index (χ3n) is 7.04. The molecule has 212 valence electrons. The van der Waals surface area contributed by atoms with Crippen LogP contribution in [0.15, 0.2) is 75.2 Å². The molecule has 1 N–H and O–H groups in total. The van der Waals surface area contributed by atoms with E-state index in [2.05, 4.69) is 5.32 Å². The summed E-state index contributed by atoms with van der Waals surface area (Å²) >= 11 is 1.35. The normalized spacial score (nSPS) is 19.3. The molecule has 3 heterocycles. The Hall–Kier alpha value is -4.51. The van der Waals surface area contributed by atoms with Gasteiger partial charge in [0.1, 0.15) is 11.5 Å². The highest BCUT2D eigenvalue weighted by molar-refractivity contribution is 8.05. The van der Waals surface area contributed by atoms with E-state index in [0.29, 0.717) is 33.3 Å². The van der Waals surface area contributed by atoms with E-state index in [4.69, 9.17) is 9.15 Å². The number of aryl methyl sites for hydroxylation is 1. The smallest absolute Gasteiger partial charge is 0.338 e. The molecule has 2 atom stereocenters. The first-order valence-electron chi connectivity index (χ1n) is 13.1. The molecule has 11 heteroatoms. The van der Waals surface area contributed by atoms with Gasteiger partial charge in [0.2, 0.25) is 0 Å². The second-order valence-corrected chi connectivity index (χ2v) is 11.1. The van der Waals surface area contributed by atoms with E-state index in [1.807, 2.05) is 50.2 Å². The number of rotatable bonds is 7. The predicted molar refractivity (Wildman–Crippen MR) is 158 cm³/mol. The number of nitrogens with one attached hydrogen (secondary N) is 1. The van der Waals surface area contributed by atoms with Gasteiger partial charge < -0.3 is 19.4 Å². The summed E-state index contributed by atoms with van der Waals surface area (Å²) in [5.74, 6) is 0.294. The van der Waals surface area contributed by atoms with Gasteiger partial charge in [0.15, 0.2) is 5.50 Å². The van der Waals surface area contributed by atoms with E-state index < -0.39 is 22.4 Å². The summed E-state index contributed by atoms with van der Waals surface area (Å²) in [5, 5.41) is 14.4. The van der Waals surface area contributed by atoms with Crippen LogP contribution in [0, 0.1) is 17.0 Å². The molecule has 41 heavy (non-hydrogen) atoms. The van der Waals surface area contributed by atoms with Crippen molar-refractivity contribution >= 4 is 41.1 Å². The monoisotopic (exact) mass is 574 g/mol. The standard InChI is InChI=1S/C30H30N4O6S/c1-6-39-29(36)26-18(3)31-30-33(27(26)19-7-9-20(10-8-19)32(4)5)28(35)25(41-30)16-22-12-14-24(40-22)23-13-11-21(34(37)38)15-17(23)2/h7-16,27,30-31H,6H2,1-5H3/b25-16-. The van der Waals surface area contributed by atoms with Crippen LogP contribution in [-0.2, 0) is 14.3 Å². The molecule has 1 amide bonds. The molecule has 0 aliphatic carbocycles. The molecule has 2 aliphatic heterocycles. The topological polar surface area (TPSA) is 118 Å². The van der Waals surface area contributed by atoms with E-state index >= 15 is 0 Å². The molecule has 0 bridgehead atoms. The molecule has 3 aromatic rings. The number of ether oxygens (including phenoxy) is 1. The van der Waals surface area contributed by atoms with E-state index in [-0.39, 0.29) is 18.2 Å². The zero-order valence-electron chi connectivity index (χ0n) is 23.3. The highest BCUT2D eigenvalue weighted by atomic mass is 32.2. The minimum absolute atomic E-state index is 0.00857. The Labute approximate surface area is 241 Å². The van der Waals surface area contributed by atoms with Crippen LogP contribution < -0.4 is 10.2 Å². The Morgan fingerprint density at radius 2 is 1.90 bits per heavy atom. The van der Waals surface area contributed by atoms with Crippen molar-refractivity contribution in [2.45, 2.75) is 32.3 Å². The summed E-state index contributed by atoms with van der Waals surface area (Å²) in [7, 11) is 3.90. The van der Waals surface area contributed by atoms with Crippen molar-refractivity contribution in [3.63, 3.8) is 0 Å². The maximum absolute atomic E-state index is 13.9. The SMILES string of the molecule is CCOC(=O)C1=C(C)NC2S/C(=C\c3ccc(-c4ccc([N+](=O)[O-])cc4C)o3)C(=O)N2C1c1ccc(N(C)C)cc1. The molecule has 1 aromatic heterocycles. The van der Waals surface area contributed by atoms with Gasteiger partial charge in [0.25, 0.3) is 11.6 Å². The number of thioether (sulfide) groups is 1. The number of carbonyl (C=O) groups is 2. The van der Waals surface area contributed by atoms with Crippen LogP contribution in [0.25, 0.3) is 17.4 Å². The predicted octanol–water partition coefficient (Wildman–Crippen LogP) is 5.61. The quantitative estimate of drug-likeness (QED) is 0.166. The number of nitrogens with zero attached hydrogens (tertiary/aromatic N) is 3. The second kappa shape index (κ2) is 11.2. The molecule has 10 nitrogen and oxygen atoms in total. The van der Waals surface area contributed by atoms with Gasteiger partial charge in [-0.2, -0.15) is 0 Å². The molecule has 0 saturated carbocycles. The number of furan rings is 1. The lowest BCUT2D eigenvalue weighted by Crippen LogP contribution is -2.49. The fraction of sp³-hybridized carbons (Fsp3) is 0.267. The Morgan fingerprint density at radius 3 is 2.54 bits per heavy atom. The summed E-state index contributed by atoms with van der Waals surface area (Å²) in [4.78, 5) is 41.8. The first-order chi connectivity index (χ1) is 19.6. The van der Waals surface area contributed by atoms with Crippen LogP contribution in [0.4, 0.5) is 11.4 Å². The van der Waals surface area contributed by atoms with Gasteiger partial charge in [0, 0.05) is 49.3 Å². The Bertz CT molecular complexity index is 1590. The molecular weight excluding hydrogens is 544 g/mol.